The second kappa shape index (κ2) is 8.98. The SMILES string of the molecule is Cn1nccc1Nc1cc(-c2cc3n(c2)C[C@H](CF)n2c-3nnc2C(F)(F)c2cccc(F)c2)c(Cl)cn1. The summed E-state index contributed by atoms with van der Waals surface area (Å²) in [7, 11) is 1.78. The summed E-state index contributed by atoms with van der Waals surface area (Å²) < 4.78 is 63.3. The minimum absolute atomic E-state index is 0.0614. The van der Waals surface area contributed by atoms with E-state index in [9.17, 15) is 8.78 Å². The molecule has 1 N–H and O–H groups in total. The Morgan fingerprint density at radius 2 is 2.00 bits per heavy atom. The van der Waals surface area contributed by atoms with Crippen LogP contribution in [0.4, 0.5) is 29.2 Å². The zero-order chi connectivity index (χ0) is 26.6. The molecular weight excluding hydrogens is 524 g/mol. The number of nitrogens with one attached hydrogen (secondary N) is 1. The van der Waals surface area contributed by atoms with E-state index in [2.05, 4.69) is 25.6 Å². The summed E-state index contributed by atoms with van der Waals surface area (Å²) in [6, 6.07) is 8.36. The summed E-state index contributed by atoms with van der Waals surface area (Å²) in [6.45, 7) is -0.870. The Bertz CT molecular complexity index is 1660. The smallest absolute Gasteiger partial charge is 0.332 e. The van der Waals surface area contributed by atoms with E-state index in [-0.39, 0.29) is 12.4 Å². The minimum atomic E-state index is -3.70. The first-order valence-electron chi connectivity index (χ1n) is 11.5. The van der Waals surface area contributed by atoms with Crippen molar-refractivity contribution in [3.63, 3.8) is 0 Å². The summed E-state index contributed by atoms with van der Waals surface area (Å²) in [5, 5.41) is 15.4. The van der Waals surface area contributed by atoms with Gasteiger partial charge in [-0.15, -0.1) is 10.2 Å². The number of nitrogens with zero attached hydrogens (tertiary/aromatic N) is 7. The van der Waals surface area contributed by atoms with E-state index in [4.69, 9.17) is 11.6 Å². The fourth-order valence-electron chi connectivity index (χ4n) is 4.62. The predicted octanol–water partition coefficient (Wildman–Crippen LogP) is 5.74. The van der Waals surface area contributed by atoms with Crippen LogP contribution in [-0.4, -0.2) is 40.8 Å². The predicted molar refractivity (Wildman–Crippen MR) is 133 cm³/mol. The Morgan fingerprint density at radius 1 is 1.16 bits per heavy atom. The van der Waals surface area contributed by atoms with Crippen molar-refractivity contribution in [1.82, 2.24) is 34.1 Å². The molecule has 0 radical (unpaired) electrons. The van der Waals surface area contributed by atoms with Crippen LogP contribution in [0, 0.1) is 5.82 Å². The molecule has 0 aliphatic carbocycles. The van der Waals surface area contributed by atoms with Gasteiger partial charge in [-0.2, -0.15) is 13.9 Å². The van der Waals surface area contributed by atoms with E-state index in [1.54, 1.807) is 46.9 Å². The molecule has 0 amide bonds. The van der Waals surface area contributed by atoms with Crippen molar-refractivity contribution >= 4 is 23.2 Å². The molecule has 0 unspecified atom stereocenters. The van der Waals surface area contributed by atoms with Crippen molar-refractivity contribution in [2.75, 3.05) is 12.0 Å². The number of aryl methyl sites for hydroxylation is 1. The summed E-state index contributed by atoms with van der Waals surface area (Å²) in [6.07, 6.45) is 4.90. The Labute approximate surface area is 218 Å². The van der Waals surface area contributed by atoms with Gasteiger partial charge in [0.05, 0.1) is 23.0 Å². The molecule has 1 aliphatic rings. The third-order valence-electron chi connectivity index (χ3n) is 6.48. The van der Waals surface area contributed by atoms with Gasteiger partial charge in [0.15, 0.2) is 5.82 Å². The summed E-state index contributed by atoms with van der Waals surface area (Å²) in [4.78, 5) is 4.31. The first-order valence-corrected chi connectivity index (χ1v) is 11.9. The maximum Gasteiger partial charge on any atom is 0.332 e. The van der Waals surface area contributed by atoms with E-state index in [0.717, 1.165) is 22.8 Å². The van der Waals surface area contributed by atoms with Gasteiger partial charge in [0.1, 0.15) is 24.1 Å². The molecular formula is C25H19ClF4N8. The van der Waals surface area contributed by atoms with Crippen LogP contribution in [0.5, 0.6) is 0 Å². The standard InChI is InChI=1S/C25H19ClF4N8/c1-36-22(5-6-32-36)33-21-9-18(19(26)11-31-21)14-7-20-23-34-35-24(38(23)17(10-27)13-37(20)12-14)25(29,30)15-3-2-4-16(28)8-15/h2-9,11-12,17H,10,13H2,1H3,(H,31,33)/t17-/m0/s1. The zero-order valence-corrected chi connectivity index (χ0v) is 20.5. The molecule has 13 heteroatoms. The Kier molecular flexibility index (Phi) is 5.71. The van der Waals surface area contributed by atoms with Crippen molar-refractivity contribution in [3.05, 3.63) is 83.3 Å². The molecule has 0 spiro atoms. The van der Waals surface area contributed by atoms with Gasteiger partial charge in [-0.25, -0.2) is 13.8 Å². The molecule has 0 saturated heterocycles. The number of alkyl halides is 3. The molecule has 5 heterocycles. The van der Waals surface area contributed by atoms with E-state index in [1.807, 2.05) is 0 Å². The molecule has 0 fully saturated rings. The van der Waals surface area contributed by atoms with Gasteiger partial charge < -0.3 is 9.88 Å². The lowest BCUT2D eigenvalue weighted by molar-refractivity contribution is 0.0254. The van der Waals surface area contributed by atoms with Crippen LogP contribution in [-0.2, 0) is 19.5 Å². The topological polar surface area (TPSA) is 78.4 Å². The highest BCUT2D eigenvalue weighted by Gasteiger charge is 2.44. The normalized spacial score (nSPS) is 14.8. The van der Waals surface area contributed by atoms with Crippen molar-refractivity contribution < 1.29 is 17.6 Å². The Morgan fingerprint density at radius 3 is 2.74 bits per heavy atom. The van der Waals surface area contributed by atoms with Gasteiger partial charge in [-0.3, -0.25) is 9.25 Å². The molecule has 0 bridgehead atoms. The van der Waals surface area contributed by atoms with Crippen molar-refractivity contribution in [3.8, 4) is 22.6 Å². The number of pyridine rings is 1. The van der Waals surface area contributed by atoms with E-state index >= 15 is 8.78 Å². The van der Waals surface area contributed by atoms with E-state index < -0.39 is 35.8 Å². The summed E-state index contributed by atoms with van der Waals surface area (Å²) in [5.74, 6) is -3.95. The van der Waals surface area contributed by atoms with Gasteiger partial charge in [0.2, 0.25) is 5.82 Å². The van der Waals surface area contributed by atoms with Crippen LogP contribution in [0.1, 0.15) is 17.4 Å². The monoisotopic (exact) mass is 542 g/mol. The average Bonchev–Trinajstić information content (AvgIpc) is 3.63. The lowest BCUT2D eigenvalue weighted by Gasteiger charge is -2.28. The number of hydrogen-bond donors (Lipinski definition) is 1. The van der Waals surface area contributed by atoms with E-state index in [1.165, 1.54) is 12.3 Å². The van der Waals surface area contributed by atoms with Crippen LogP contribution in [0.2, 0.25) is 5.02 Å². The first-order chi connectivity index (χ1) is 18.3. The lowest BCUT2D eigenvalue weighted by Crippen LogP contribution is -2.30. The summed E-state index contributed by atoms with van der Waals surface area (Å²) >= 11 is 6.47. The van der Waals surface area contributed by atoms with Crippen LogP contribution >= 0.6 is 11.6 Å². The third-order valence-corrected chi connectivity index (χ3v) is 6.78. The van der Waals surface area contributed by atoms with Crippen LogP contribution in [0.15, 0.2) is 61.1 Å². The van der Waals surface area contributed by atoms with Crippen LogP contribution < -0.4 is 5.32 Å². The number of hydrogen-bond acceptors (Lipinski definition) is 5. The third kappa shape index (κ3) is 3.92. The number of rotatable bonds is 6. The van der Waals surface area contributed by atoms with Crippen molar-refractivity contribution in [1.29, 1.82) is 0 Å². The second-order valence-corrected chi connectivity index (χ2v) is 9.30. The summed E-state index contributed by atoms with van der Waals surface area (Å²) in [5.41, 5.74) is 1.16. The molecule has 1 atom stereocenters. The van der Waals surface area contributed by atoms with Gasteiger partial charge >= 0.3 is 5.92 Å². The van der Waals surface area contributed by atoms with E-state index in [0.29, 0.717) is 33.5 Å². The molecule has 5 aromatic rings. The molecule has 1 aromatic carbocycles. The Balaban J connectivity index is 1.41. The fraction of sp³-hybridized carbons (Fsp3) is 0.200. The molecule has 1 aliphatic heterocycles. The maximum atomic E-state index is 15.5. The van der Waals surface area contributed by atoms with Gasteiger partial charge in [0, 0.05) is 48.7 Å². The molecule has 38 heavy (non-hydrogen) atoms. The maximum absolute atomic E-state index is 15.5. The van der Waals surface area contributed by atoms with Gasteiger partial charge in [0.25, 0.3) is 0 Å². The Hall–Kier alpha value is -4.19. The molecule has 194 valence electrons. The van der Waals surface area contributed by atoms with Gasteiger partial charge in [-0.1, -0.05) is 23.7 Å². The fourth-order valence-corrected chi connectivity index (χ4v) is 4.83. The quantitative estimate of drug-likeness (QED) is 0.277. The zero-order valence-electron chi connectivity index (χ0n) is 19.8. The molecule has 6 rings (SSSR count). The number of halogens is 5. The lowest BCUT2D eigenvalue weighted by atomic mass is 10.1. The van der Waals surface area contributed by atoms with Crippen molar-refractivity contribution in [2.45, 2.75) is 18.5 Å². The highest BCUT2D eigenvalue weighted by molar-refractivity contribution is 6.33. The molecule has 4 aromatic heterocycles. The number of anilines is 2. The number of fused-ring (bicyclic) bond motifs is 3. The minimum Gasteiger partial charge on any atom is -0.342 e. The highest BCUT2D eigenvalue weighted by atomic mass is 35.5. The number of benzene rings is 1. The highest BCUT2D eigenvalue weighted by Crippen LogP contribution is 2.42. The van der Waals surface area contributed by atoms with Gasteiger partial charge in [-0.05, 0) is 24.3 Å². The van der Waals surface area contributed by atoms with Crippen molar-refractivity contribution in [2.24, 2.45) is 7.05 Å². The molecule has 8 nitrogen and oxygen atoms in total. The van der Waals surface area contributed by atoms with Crippen LogP contribution in [0.25, 0.3) is 22.6 Å². The molecule has 0 saturated carbocycles. The number of aromatic nitrogens is 7. The second-order valence-electron chi connectivity index (χ2n) is 8.89. The first kappa shape index (κ1) is 24.2. The largest absolute Gasteiger partial charge is 0.342 e. The average molecular weight is 543 g/mol. The van der Waals surface area contributed by atoms with Crippen LogP contribution in [0.3, 0.4) is 0 Å².